The molecule has 0 bridgehead atoms. The average Bonchev–Trinajstić information content (AvgIpc) is 3.34. The van der Waals surface area contributed by atoms with Gasteiger partial charge >= 0.3 is 5.97 Å². The number of carbonyl (C=O) groups excluding carboxylic acids is 1. The topological polar surface area (TPSA) is 55.8 Å². The van der Waals surface area contributed by atoms with E-state index in [1.54, 1.807) is 0 Å². The predicted octanol–water partition coefficient (Wildman–Crippen LogP) is 7.09. The summed E-state index contributed by atoms with van der Waals surface area (Å²) in [6.45, 7) is 20.4. The van der Waals surface area contributed by atoms with E-state index in [4.69, 9.17) is 9.47 Å². The highest BCUT2D eigenvalue weighted by molar-refractivity contribution is 5.69. The third-order valence-corrected chi connectivity index (χ3v) is 12.2. The lowest BCUT2D eigenvalue weighted by atomic mass is 9.38. The molecule has 3 aliphatic carbocycles. The van der Waals surface area contributed by atoms with Gasteiger partial charge < -0.3 is 14.6 Å². The molecule has 0 spiro atoms. The van der Waals surface area contributed by atoms with Crippen molar-refractivity contribution in [2.24, 2.45) is 39.9 Å². The molecule has 4 nitrogen and oxygen atoms in total. The SMILES string of the molecule is C=C(C)[C@@H]1CC[C@]2(C)[C@@H](CC[C@@H]3[C@@H]([C@]4(C)CC[C@H](C(C)(C)O)O4)CC[C@]32C)[C@@]1(C)CCC(=O)OC. The van der Waals surface area contributed by atoms with E-state index in [9.17, 15) is 9.90 Å². The molecule has 0 unspecified atom stereocenters. The van der Waals surface area contributed by atoms with Crippen LogP contribution in [0.4, 0.5) is 0 Å². The molecule has 9 atom stereocenters. The van der Waals surface area contributed by atoms with Gasteiger partial charge in [-0.25, -0.2) is 0 Å². The second kappa shape index (κ2) is 8.86. The molecule has 0 amide bonds. The third kappa shape index (κ3) is 4.13. The lowest BCUT2D eigenvalue weighted by molar-refractivity contribution is -0.188. The van der Waals surface area contributed by atoms with Crippen molar-refractivity contribution < 1.29 is 19.4 Å². The van der Waals surface area contributed by atoms with Crippen LogP contribution in [0.25, 0.3) is 0 Å². The van der Waals surface area contributed by atoms with E-state index in [-0.39, 0.29) is 33.9 Å². The van der Waals surface area contributed by atoms with Crippen LogP contribution in [0.5, 0.6) is 0 Å². The summed E-state index contributed by atoms with van der Waals surface area (Å²) in [5, 5.41) is 10.6. The Balaban J connectivity index is 1.63. The Hall–Kier alpha value is -0.870. The van der Waals surface area contributed by atoms with Gasteiger partial charge in [-0.05, 0) is 125 Å². The van der Waals surface area contributed by atoms with Gasteiger partial charge in [0.25, 0.3) is 0 Å². The summed E-state index contributed by atoms with van der Waals surface area (Å²) >= 11 is 0. The quantitative estimate of drug-likeness (QED) is 0.320. The highest BCUT2D eigenvalue weighted by atomic mass is 16.5. The Morgan fingerprint density at radius 1 is 1.00 bits per heavy atom. The number of carbonyl (C=O) groups is 1. The number of hydrogen-bond acceptors (Lipinski definition) is 4. The lowest BCUT2D eigenvalue weighted by Gasteiger charge is -2.66. The maximum atomic E-state index is 12.2. The van der Waals surface area contributed by atoms with E-state index < -0.39 is 5.60 Å². The smallest absolute Gasteiger partial charge is 0.305 e. The van der Waals surface area contributed by atoms with Gasteiger partial charge in [0.2, 0.25) is 0 Å². The van der Waals surface area contributed by atoms with Crippen molar-refractivity contribution in [1.82, 2.24) is 0 Å². The molecule has 0 aromatic heterocycles. The van der Waals surface area contributed by atoms with Crippen LogP contribution in [0.2, 0.25) is 0 Å². The molecular weight excluding hydrogens is 436 g/mol. The minimum absolute atomic E-state index is 0.0683. The minimum Gasteiger partial charge on any atom is -0.469 e. The van der Waals surface area contributed by atoms with E-state index in [2.05, 4.69) is 41.2 Å². The van der Waals surface area contributed by atoms with Gasteiger partial charge in [0.05, 0.1) is 24.4 Å². The first-order chi connectivity index (χ1) is 16.1. The monoisotopic (exact) mass is 488 g/mol. The van der Waals surface area contributed by atoms with Gasteiger partial charge in [-0.2, -0.15) is 0 Å². The van der Waals surface area contributed by atoms with Gasteiger partial charge in [-0.3, -0.25) is 4.79 Å². The van der Waals surface area contributed by atoms with Gasteiger partial charge in [0, 0.05) is 6.42 Å². The molecule has 4 heteroatoms. The highest BCUT2D eigenvalue weighted by Gasteiger charge is 2.68. The second-order valence-corrected chi connectivity index (χ2v) is 14.3. The van der Waals surface area contributed by atoms with E-state index >= 15 is 0 Å². The Kier molecular flexibility index (Phi) is 6.88. The molecule has 0 radical (unpaired) electrons. The molecule has 1 saturated heterocycles. The zero-order chi connectivity index (χ0) is 26.0. The maximum absolute atomic E-state index is 12.2. The molecule has 1 N–H and O–H groups in total. The first kappa shape index (κ1) is 27.2. The molecule has 1 heterocycles. The standard InChI is InChI=1S/C31H52O4/c1-20(2)21-12-18-30(7)24(28(21,5)16-15-26(32)34-9)11-10-22-23(13-17-29(22,30)6)31(8)19-14-25(35-31)27(3,4)33/h21-25,33H,1,10-19H2,2-9H3/t21-,22+,23-,24-,25+,28-,29+,30+,31-/m0/s1. The van der Waals surface area contributed by atoms with Crippen molar-refractivity contribution in [2.45, 2.75) is 130 Å². The summed E-state index contributed by atoms with van der Waals surface area (Å²) in [5.74, 6) is 2.16. The van der Waals surface area contributed by atoms with Crippen LogP contribution in [-0.2, 0) is 14.3 Å². The molecule has 4 aliphatic rings. The van der Waals surface area contributed by atoms with Crippen molar-refractivity contribution in [3.63, 3.8) is 0 Å². The molecule has 0 aromatic carbocycles. The lowest BCUT2D eigenvalue weighted by Crippen LogP contribution is -2.60. The van der Waals surface area contributed by atoms with E-state index in [0.717, 1.165) is 19.3 Å². The number of allylic oxidation sites excluding steroid dienone is 1. The van der Waals surface area contributed by atoms with Crippen LogP contribution in [0.1, 0.15) is 113 Å². The second-order valence-electron chi connectivity index (χ2n) is 14.3. The van der Waals surface area contributed by atoms with E-state index in [1.807, 2.05) is 13.8 Å². The molecule has 0 aromatic rings. The summed E-state index contributed by atoms with van der Waals surface area (Å²) in [7, 11) is 1.50. The molecule has 4 fully saturated rings. The van der Waals surface area contributed by atoms with E-state index in [1.165, 1.54) is 51.2 Å². The predicted molar refractivity (Wildman–Crippen MR) is 141 cm³/mol. The molecule has 35 heavy (non-hydrogen) atoms. The van der Waals surface area contributed by atoms with Gasteiger partial charge in [0.15, 0.2) is 0 Å². The zero-order valence-electron chi connectivity index (χ0n) is 23.8. The fourth-order valence-corrected chi connectivity index (χ4v) is 10.1. The van der Waals surface area contributed by atoms with Crippen molar-refractivity contribution in [1.29, 1.82) is 0 Å². The number of fused-ring (bicyclic) bond motifs is 3. The van der Waals surface area contributed by atoms with Crippen molar-refractivity contribution in [3.05, 3.63) is 12.2 Å². The number of ether oxygens (including phenoxy) is 2. The highest BCUT2D eigenvalue weighted by Crippen LogP contribution is 2.74. The fourth-order valence-electron chi connectivity index (χ4n) is 10.1. The zero-order valence-corrected chi connectivity index (χ0v) is 23.8. The van der Waals surface area contributed by atoms with Crippen LogP contribution in [0, 0.1) is 39.9 Å². The van der Waals surface area contributed by atoms with Crippen LogP contribution in [0.3, 0.4) is 0 Å². The summed E-state index contributed by atoms with van der Waals surface area (Å²) in [6.07, 6.45) is 10.7. The normalized spacial score (nSPS) is 47.7. The summed E-state index contributed by atoms with van der Waals surface area (Å²) in [6, 6.07) is 0. The molecule has 200 valence electrons. The van der Waals surface area contributed by atoms with Crippen LogP contribution in [-0.4, -0.2) is 35.5 Å². The van der Waals surface area contributed by atoms with Crippen molar-refractivity contribution in [3.8, 4) is 0 Å². The minimum atomic E-state index is -0.786. The van der Waals surface area contributed by atoms with Crippen LogP contribution >= 0.6 is 0 Å². The first-order valence-electron chi connectivity index (χ1n) is 14.2. The van der Waals surface area contributed by atoms with Crippen LogP contribution in [0.15, 0.2) is 12.2 Å². The number of hydrogen-bond donors (Lipinski definition) is 1. The maximum Gasteiger partial charge on any atom is 0.305 e. The molecule has 3 saturated carbocycles. The largest absolute Gasteiger partial charge is 0.469 e. The van der Waals surface area contributed by atoms with Gasteiger partial charge in [0.1, 0.15) is 0 Å². The Bertz CT molecular complexity index is 843. The van der Waals surface area contributed by atoms with Crippen molar-refractivity contribution in [2.75, 3.05) is 7.11 Å². The number of rotatable bonds is 6. The van der Waals surface area contributed by atoms with Gasteiger partial charge in [-0.1, -0.05) is 32.9 Å². The van der Waals surface area contributed by atoms with E-state index in [0.29, 0.717) is 30.1 Å². The summed E-state index contributed by atoms with van der Waals surface area (Å²) in [5.41, 5.74) is 0.933. The fraction of sp³-hybridized carbons (Fsp3) is 0.903. The molecular formula is C31H52O4. The Morgan fingerprint density at radius 2 is 1.66 bits per heavy atom. The summed E-state index contributed by atoms with van der Waals surface area (Å²) in [4.78, 5) is 12.2. The van der Waals surface area contributed by atoms with Crippen LogP contribution < -0.4 is 0 Å². The van der Waals surface area contributed by atoms with Gasteiger partial charge in [-0.15, -0.1) is 0 Å². The van der Waals surface area contributed by atoms with Crippen molar-refractivity contribution >= 4 is 5.97 Å². The Morgan fingerprint density at radius 3 is 2.23 bits per heavy atom. The Labute approximate surface area is 214 Å². The molecule has 1 aliphatic heterocycles. The summed E-state index contributed by atoms with van der Waals surface area (Å²) < 4.78 is 11.8. The number of methoxy groups -OCH3 is 1. The first-order valence-corrected chi connectivity index (χ1v) is 14.2. The third-order valence-electron chi connectivity index (χ3n) is 12.2. The number of esters is 1. The molecule has 4 rings (SSSR count). The number of aliphatic hydroxyl groups is 1. The average molecular weight is 489 g/mol.